The summed E-state index contributed by atoms with van der Waals surface area (Å²) in [5.74, 6) is 1.31. The fourth-order valence-corrected chi connectivity index (χ4v) is 4.22. The Hall–Kier alpha value is -2.49. The molecule has 4 heteroatoms. The van der Waals surface area contributed by atoms with Crippen molar-refractivity contribution >= 4 is 0 Å². The predicted molar refractivity (Wildman–Crippen MR) is 102 cm³/mol. The third-order valence-electron chi connectivity index (χ3n) is 5.70. The molecule has 4 nitrogen and oxygen atoms in total. The molecule has 0 saturated heterocycles. The molecule has 2 aromatic heterocycles. The number of rotatable bonds is 5. The number of hydrogen-bond donors (Lipinski definition) is 0. The Bertz CT molecular complexity index is 851. The zero-order valence-corrected chi connectivity index (χ0v) is 15.3. The molecule has 0 radical (unpaired) electrons. The molecule has 0 N–H and O–H groups in total. The van der Waals surface area contributed by atoms with Crippen LogP contribution in [0.25, 0.3) is 11.5 Å². The Labute approximate surface area is 154 Å². The quantitative estimate of drug-likeness (QED) is 0.630. The van der Waals surface area contributed by atoms with Crippen molar-refractivity contribution in [1.82, 2.24) is 15.1 Å². The molecule has 3 aromatic rings. The zero-order valence-electron chi connectivity index (χ0n) is 15.3. The summed E-state index contributed by atoms with van der Waals surface area (Å²) in [6.07, 6.45) is 10.1. The second-order valence-electron chi connectivity index (χ2n) is 7.39. The van der Waals surface area contributed by atoms with E-state index in [1.165, 1.54) is 37.7 Å². The molecular weight excluding hydrogens is 322 g/mol. The molecule has 26 heavy (non-hydrogen) atoms. The van der Waals surface area contributed by atoms with Gasteiger partial charge in [0.15, 0.2) is 0 Å². The van der Waals surface area contributed by atoms with Crippen LogP contribution in [0.15, 0.2) is 53.2 Å². The zero-order chi connectivity index (χ0) is 17.8. The highest BCUT2D eigenvalue weighted by Crippen LogP contribution is 2.42. The molecule has 1 aliphatic rings. The molecule has 1 saturated carbocycles. The number of nitrogens with zero attached hydrogens (tertiary/aromatic N) is 3. The Morgan fingerprint density at radius 1 is 1.00 bits per heavy atom. The van der Waals surface area contributed by atoms with Crippen LogP contribution < -0.4 is 0 Å². The summed E-state index contributed by atoms with van der Waals surface area (Å²) in [6.45, 7) is 2.02. The first kappa shape index (κ1) is 17.0. The first-order chi connectivity index (χ1) is 12.8. The summed E-state index contributed by atoms with van der Waals surface area (Å²) in [7, 11) is 0. The Morgan fingerprint density at radius 2 is 1.81 bits per heavy atom. The highest BCUT2D eigenvalue weighted by molar-refractivity contribution is 5.53. The third kappa shape index (κ3) is 3.41. The summed E-state index contributed by atoms with van der Waals surface area (Å²) < 4.78 is 5.54. The van der Waals surface area contributed by atoms with Crippen molar-refractivity contribution in [3.05, 3.63) is 65.7 Å². The monoisotopic (exact) mass is 347 g/mol. The molecule has 134 valence electrons. The molecule has 4 rings (SSSR count). The highest BCUT2D eigenvalue weighted by atomic mass is 16.5. The van der Waals surface area contributed by atoms with Crippen molar-refractivity contribution in [3.8, 4) is 11.5 Å². The summed E-state index contributed by atoms with van der Waals surface area (Å²) in [5.41, 5.74) is 3.57. The lowest BCUT2D eigenvalue weighted by Gasteiger charge is -2.38. The summed E-state index contributed by atoms with van der Waals surface area (Å²) in [6, 6.07) is 14.9. The first-order valence-corrected chi connectivity index (χ1v) is 9.57. The SMILES string of the molecule is Cc1cccnc1-c1noc(CCC2(c3ccccc3)CCCCC2)n1. The van der Waals surface area contributed by atoms with Crippen molar-refractivity contribution in [1.29, 1.82) is 0 Å². The van der Waals surface area contributed by atoms with Gasteiger partial charge in [-0.05, 0) is 48.8 Å². The van der Waals surface area contributed by atoms with Gasteiger partial charge < -0.3 is 4.52 Å². The van der Waals surface area contributed by atoms with Gasteiger partial charge in [0.2, 0.25) is 11.7 Å². The van der Waals surface area contributed by atoms with Crippen molar-refractivity contribution in [2.75, 3.05) is 0 Å². The van der Waals surface area contributed by atoms with Crippen LogP contribution in [0.2, 0.25) is 0 Å². The maximum Gasteiger partial charge on any atom is 0.227 e. The second kappa shape index (κ2) is 7.40. The van der Waals surface area contributed by atoms with Gasteiger partial charge in [0, 0.05) is 12.6 Å². The van der Waals surface area contributed by atoms with Gasteiger partial charge in [-0.25, -0.2) is 0 Å². The van der Waals surface area contributed by atoms with Crippen LogP contribution >= 0.6 is 0 Å². The molecule has 0 spiro atoms. The summed E-state index contributed by atoms with van der Waals surface area (Å²) in [4.78, 5) is 9.00. The van der Waals surface area contributed by atoms with Crippen LogP contribution in [0.5, 0.6) is 0 Å². The molecule has 1 fully saturated rings. The van der Waals surface area contributed by atoms with E-state index in [9.17, 15) is 0 Å². The number of aryl methyl sites for hydroxylation is 2. The van der Waals surface area contributed by atoms with E-state index in [2.05, 4.69) is 45.5 Å². The number of pyridine rings is 1. The standard InChI is InChI=1S/C22H25N3O/c1-17-9-8-16-23-20(17)21-24-19(26-25-21)12-15-22(13-6-3-7-14-22)18-10-4-2-5-11-18/h2,4-5,8-11,16H,3,6-7,12-15H2,1H3. The van der Waals surface area contributed by atoms with Gasteiger partial charge in [0.25, 0.3) is 0 Å². The Kier molecular flexibility index (Phi) is 4.83. The lowest BCUT2D eigenvalue weighted by molar-refractivity contribution is 0.261. The van der Waals surface area contributed by atoms with Crippen molar-refractivity contribution in [3.63, 3.8) is 0 Å². The van der Waals surface area contributed by atoms with Gasteiger partial charge in [-0.15, -0.1) is 0 Å². The molecule has 2 heterocycles. The molecular formula is C22H25N3O. The molecule has 0 unspecified atom stereocenters. The smallest absolute Gasteiger partial charge is 0.227 e. The van der Waals surface area contributed by atoms with E-state index >= 15 is 0 Å². The van der Waals surface area contributed by atoms with E-state index < -0.39 is 0 Å². The fraction of sp³-hybridized carbons (Fsp3) is 0.409. The van der Waals surface area contributed by atoms with E-state index in [0.717, 1.165) is 24.1 Å². The van der Waals surface area contributed by atoms with Crippen molar-refractivity contribution in [2.24, 2.45) is 0 Å². The van der Waals surface area contributed by atoms with Gasteiger partial charge in [0.1, 0.15) is 5.69 Å². The van der Waals surface area contributed by atoms with Crippen LogP contribution in [-0.2, 0) is 11.8 Å². The maximum absolute atomic E-state index is 5.54. The largest absolute Gasteiger partial charge is 0.339 e. The van der Waals surface area contributed by atoms with Crippen LogP contribution in [0.4, 0.5) is 0 Å². The van der Waals surface area contributed by atoms with E-state index in [0.29, 0.717) is 11.7 Å². The Morgan fingerprint density at radius 3 is 2.58 bits per heavy atom. The van der Waals surface area contributed by atoms with Crippen LogP contribution in [0, 0.1) is 6.92 Å². The topological polar surface area (TPSA) is 51.8 Å². The first-order valence-electron chi connectivity index (χ1n) is 9.57. The molecule has 0 amide bonds. The molecule has 0 atom stereocenters. The van der Waals surface area contributed by atoms with Crippen molar-refractivity contribution < 1.29 is 4.52 Å². The third-order valence-corrected chi connectivity index (χ3v) is 5.70. The minimum atomic E-state index is 0.245. The van der Waals surface area contributed by atoms with Gasteiger partial charge in [-0.1, -0.05) is 60.8 Å². The van der Waals surface area contributed by atoms with Crippen molar-refractivity contribution in [2.45, 2.75) is 57.3 Å². The normalized spacial score (nSPS) is 16.5. The van der Waals surface area contributed by atoms with Crippen LogP contribution in [-0.4, -0.2) is 15.1 Å². The molecule has 0 aliphatic heterocycles. The summed E-state index contributed by atoms with van der Waals surface area (Å²) >= 11 is 0. The average Bonchev–Trinajstić information content (AvgIpc) is 3.17. The number of hydrogen-bond acceptors (Lipinski definition) is 4. The van der Waals surface area contributed by atoms with E-state index in [4.69, 9.17) is 4.52 Å². The predicted octanol–water partition coefficient (Wildman–Crippen LogP) is 5.27. The molecule has 1 aromatic carbocycles. The lowest BCUT2D eigenvalue weighted by atomic mass is 9.67. The van der Waals surface area contributed by atoms with Crippen LogP contribution in [0.3, 0.4) is 0 Å². The lowest BCUT2D eigenvalue weighted by Crippen LogP contribution is -2.29. The molecule has 1 aliphatic carbocycles. The van der Waals surface area contributed by atoms with Gasteiger partial charge in [-0.2, -0.15) is 4.98 Å². The second-order valence-corrected chi connectivity index (χ2v) is 7.39. The van der Waals surface area contributed by atoms with Crippen LogP contribution in [0.1, 0.15) is 55.5 Å². The van der Waals surface area contributed by atoms with Gasteiger partial charge in [0.05, 0.1) is 0 Å². The average molecular weight is 347 g/mol. The minimum Gasteiger partial charge on any atom is -0.339 e. The van der Waals surface area contributed by atoms with E-state index in [-0.39, 0.29) is 5.41 Å². The van der Waals surface area contributed by atoms with Gasteiger partial charge >= 0.3 is 0 Å². The fourth-order valence-electron chi connectivity index (χ4n) is 4.22. The molecule has 0 bridgehead atoms. The highest BCUT2D eigenvalue weighted by Gasteiger charge is 2.34. The maximum atomic E-state index is 5.54. The number of aromatic nitrogens is 3. The van der Waals surface area contributed by atoms with Gasteiger partial charge in [-0.3, -0.25) is 4.98 Å². The Balaban J connectivity index is 1.53. The van der Waals surface area contributed by atoms with E-state index in [1.807, 2.05) is 19.1 Å². The number of benzene rings is 1. The summed E-state index contributed by atoms with van der Waals surface area (Å²) in [5, 5.41) is 4.16. The minimum absolute atomic E-state index is 0.245. The van der Waals surface area contributed by atoms with E-state index in [1.54, 1.807) is 6.20 Å².